The van der Waals surface area contributed by atoms with Gasteiger partial charge in [-0.25, -0.2) is 0 Å². The van der Waals surface area contributed by atoms with Gasteiger partial charge in [0.15, 0.2) is 0 Å². The van der Waals surface area contributed by atoms with E-state index in [1.54, 1.807) is 0 Å². The van der Waals surface area contributed by atoms with Crippen molar-refractivity contribution in [2.45, 2.75) is 46.0 Å². The molecule has 1 rings (SSSR count). The van der Waals surface area contributed by atoms with Crippen LogP contribution in [0.2, 0.25) is 0 Å². The molecule has 0 aliphatic carbocycles. The van der Waals surface area contributed by atoms with E-state index in [1.807, 2.05) is 12.1 Å². The molecule has 0 amide bonds. The quantitative estimate of drug-likeness (QED) is 0.277. The lowest BCUT2D eigenvalue weighted by atomic mass is 10.0. The summed E-state index contributed by atoms with van der Waals surface area (Å²) in [6.07, 6.45) is 5.96. The summed E-state index contributed by atoms with van der Waals surface area (Å²) in [6, 6.07) is 6.01. The average Bonchev–Trinajstić information content (AvgIpc) is 2.28. The maximum absolute atomic E-state index is 8.48. The molecule has 0 aliphatic heterocycles. The fourth-order valence-electron chi connectivity index (χ4n) is 1.80. The lowest BCUT2D eigenvalue weighted by Crippen LogP contribution is -1.88. The van der Waals surface area contributed by atoms with Crippen molar-refractivity contribution in [1.29, 1.82) is 0 Å². The number of azide groups is 1. The lowest BCUT2D eigenvalue weighted by molar-refractivity contribution is 0.667. The molecule has 86 valence electrons. The van der Waals surface area contributed by atoms with Crippen LogP contribution in [0.1, 0.15) is 43.7 Å². The first-order valence-corrected chi connectivity index (χ1v) is 5.92. The molecule has 0 saturated heterocycles. The zero-order chi connectivity index (χ0) is 11.8. The summed E-state index contributed by atoms with van der Waals surface area (Å²) in [5, 5.41) is 3.73. The van der Waals surface area contributed by atoms with E-state index < -0.39 is 0 Å². The zero-order valence-corrected chi connectivity index (χ0v) is 10.1. The molecule has 0 saturated carbocycles. The van der Waals surface area contributed by atoms with E-state index in [9.17, 15) is 0 Å². The van der Waals surface area contributed by atoms with Crippen molar-refractivity contribution in [1.82, 2.24) is 0 Å². The Hall–Kier alpha value is -1.47. The third-order valence-electron chi connectivity index (χ3n) is 2.69. The first kappa shape index (κ1) is 12.6. The first-order chi connectivity index (χ1) is 7.77. The van der Waals surface area contributed by atoms with Crippen molar-refractivity contribution >= 4 is 5.69 Å². The SMILES string of the molecule is CCCCCCc1cc(C)ccc1N=[N+]=[N-]. The number of hydrogen-bond acceptors (Lipinski definition) is 1. The second-order valence-electron chi connectivity index (χ2n) is 4.13. The minimum Gasteiger partial charge on any atom is -0.0654 e. The van der Waals surface area contributed by atoms with Gasteiger partial charge in [-0.2, -0.15) is 0 Å². The minimum absolute atomic E-state index is 0.782. The monoisotopic (exact) mass is 217 g/mol. The Morgan fingerprint density at radius 1 is 1.25 bits per heavy atom. The molecule has 3 nitrogen and oxygen atoms in total. The predicted octanol–water partition coefficient (Wildman–Crippen LogP) is 5.06. The summed E-state index contributed by atoms with van der Waals surface area (Å²) in [7, 11) is 0. The van der Waals surface area contributed by atoms with E-state index >= 15 is 0 Å². The molecule has 3 heteroatoms. The second-order valence-corrected chi connectivity index (χ2v) is 4.13. The maximum atomic E-state index is 8.48. The third kappa shape index (κ3) is 3.95. The second kappa shape index (κ2) is 6.91. The van der Waals surface area contributed by atoms with Crippen LogP contribution in [0.15, 0.2) is 23.3 Å². The summed E-state index contributed by atoms with van der Waals surface area (Å²) in [4.78, 5) is 2.87. The number of rotatable bonds is 6. The van der Waals surface area contributed by atoms with E-state index in [2.05, 4.69) is 29.9 Å². The molecule has 0 aliphatic rings. The van der Waals surface area contributed by atoms with E-state index in [0.29, 0.717) is 0 Å². The Kier molecular flexibility index (Phi) is 5.44. The van der Waals surface area contributed by atoms with Gasteiger partial charge in [-0.1, -0.05) is 55.1 Å². The Morgan fingerprint density at radius 3 is 2.75 bits per heavy atom. The van der Waals surface area contributed by atoms with Crippen molar-refractivity contribution < 1.29 is 0 Å². The van der Waals surface area contributed by atoms with Gasteiger partial charge < -0.3 is 0 Å². The highest BCUT2D eigenvalue weighted by atomic mass is 15.1. The number of aryl methyl sites for hydroxylation is 2. The van der Waals surface area contributed by atoms with Crippen molar-refractivity contribution in [3.8, 4) is 0 Å². The molecular formula is C13H19N3. The topological polar surface area (TPSA) is 48.8 Å². The largest absolute Gasteiger partial charge is 0.0654 e. The van der Waals surface area contributed by atoms with Gasteiger partial charge in [0.25, 0.3) is 0 Å². The minimum atomic E-state index is 0.782. The summed E-state index contributed by atoms with van der Waals surface area (Å²) < 4.78 is 0. The van der Waals surface area contributed by atoms with Gasteiger partial charge in [0, 0.05) is 10.6 Å². The average molecular weight is 217 g/mol. The van der Waals surface area contributed by atoms with Crippen LogP contribution in [0.3, 0.4) is 0 Å². The normalized spacial score (nSPS) is 9.88. The molecule has 0 radical (unpaired) electrons. The van der Waals surface area contributed by atoms with Gasteiger partial charge in [0.1, 0.15) is 0 Å². The standard InChI is InChI=1S/C13H19N3/c1-3-4-5-6-7-12-10-11(2)8-9-13(12)15-16-14/h8-10H,3-7H2,1-2H3. The van der Waals surface area contributed by atoms with Crippen LogP contribution in [0, 0.1) is 6.92 Å². The van der Waals surface area contributed by atoms with E-state index in [0.717, 1.165) is 12.1 Å². The van der Waals surface area contributed by atoms with E-state index in [4.69, 9.17) is 5.53 Å². The van der Waals surface area contributed by atoms with Crippen molar-refractivity contribution in [3.05, 3.63) is 39.8 Å². The van der Waals surface area contributed by atoms with E-state index in [-0.39, 0.29) is 0 Å². The molecule has 0 unspecified atom stereocenters. The van der Waals surface area contributed by atoms with Gasteiger partial charge in [-0.15, -0.1) is 0 Å². The summed E-state index contributed by atoms with van der Waals surface area (Å²) in [5.74, 6) is 0. The Bertz CT molecular complexity index is 379. The molecule has 0 spiro atoms. The number of benzene rings is 1. The van der Waals surface area contributed by atoms with Crippen LogP contribution >= 0.6 is 0 Å². The summed E-state index contributed by atoms with van der Waals surface area (Å²) >= 11 is 0. The molecule has 0 atom stereocenters. The zero-order valence-electron chi connectivity index (χ0n) is 10.1. The van der Waals surface area contributed by atoms with Crippen LogP contribution in [0.25, 0.3) is 10.4 Å². The van der Waals surface area contributed by atoms with Gasteiger partial charge >= 0.3 is 0 Å². The van der Waals surface area contributed by atoms with Crippen LogP contribution in [0.4, 0.5) is 5.69 Å². The number of unbranched alkanes of at least 4 members (excludes halogenated alkanes) is 3. The number of nitrogens with zero attached hydrogens (tertiary/aromatic N) is 3. The summed E-state index contributed by atoms with van der Waals surface area (Å²) in [5.41, 5.74) is 11.7. The Morgan fingerprint density at radius 2 is 2.06 bits per heavy atom. The van der Waals surface area contributed by atoms with Gasteiger partial charge in [0.05, 0.1) is 0 Å². The molecule has 1 aromatic rings. The highest BCUT2D eigenvalue weighted by Crippen LogP contribution is 2.23. The first-order valence-electron chi connectivity index (χ1n) is 5.92. The van der Waals surface area contributed by atoms with Crippen molar-refractivity contribution in [2.75, 3.05) is 0 Å². The highest BCUT2D eigenvalue weighted by molar-refractivity contribution is 5.47. The Labute approximate surface area is 97.1 Å². The summed E-state index contributed by atoms with van der Waals surface area (Å²) in [6.45, 7) is 4.27. The van der Waals surface area contributed by atoms with Crippen LogP contribution in [-0.4, -0.2) is 0 Å². The predicted molar refractivity (Wildman–Crippen MR) is 67.8 cm³/mol. The smallest absolute Gasteiger partial charge is 0.0407 e. The van der Waals surface area contributed by atoms with Gasteiger partial charge in [0.2, 0.25) is 0 Å². The van der Waals surface area contributed by atoms with E-state index in [1.165, 1.54) is 36.8 Å². The highest BCUT2D eigenvalue weighted by Gasteiger charge is 2.00. The van der Waals surface area contributed by atoms with Crippen LogP contribution in [-0.2, 0) is 6.42 Å². The van der Waals surface area contributed by atoms with Crippen molar-refractivity contribution in [2.24, 2.45) is 5.11 Å². The molecule has 16 heavy (non-hydrogen) atoms. The lowest BCUT2D eigenvalue weighted by Gasteiger charge is -2.06. The molecule has 0 aromatic heterocycles. The molecule has 0 N–H and O–H groups in total. The van der Waals surface area contributed by atoms with Crippen LogP contribution < -0.4 is 0 Å². The number of hydrogen-bond donors (Lipinski definition) is 0. The van der Waals surface area contributed by atoms with Crippen molar-refractivity contribution in [3.63, 3.8) is 0 Å². The molecular weight excluding hydrogens is 198 g/mol. The maximum Gasteiger partial charge on any atom is 0.0407 e. The molecule has 0 bridgehead atoms. The van der Waals surface area contributed by atoms with Crippen LogP contribution in [0.5, 0.6) is 0 Å². The Balaban J connectivity index is 2.68. The molecule has 0 heterocycles. The molecule has 1 aromatic carbocycles. The fraction of sp³-hybridized carbons (Fsp3) is 0.538. The third-order valence-corrected chi connectivity index (χ3v) is 2.69. The fourth-order valence-corrected chi connectivity index (χ4v) is 1.80. The van der Waals surface area contributed by atoms with Gasteiger partial charge in [-0.05, 0) is 30.9 Å². The van der Waals surface area contributed by atoms with Gasteiger partial charge in [-0.3, -0.25) is 0 Å². The molecule has 0 fully saturated rings.